The highest BCUT2D eigenvalue weighted by Gasteiger charge is 2.41. The summed E-state index contributed by atoms with van der Waals surface area (Å²) in [4.78, 5) is 0. The van der Waals surface area contributed by atoms with Gasteiger partial charge in [-0.2, -0.15) is 0 Å². The van der Waals surface area contributed by atoms with Crippen LogP contribution in [0.4, 0.5) is 0 Å². The van der Waals surface area contributed by atoms with Gasteiger partial charge in [0.1, 0.15) is 5.75 Å². The lowest BCUT2D eigenvalue weighted by Crippen LogP contribution is -2.55. The van der Waals surface area contributed by atoms with Crippen LogP contribution in [0.5, 0.6) is 5.75 Å². The maximum absolute atomic E-state index is 6.02. The van der Waals surface area contributed by atoms with Crippen LogP contribution in [0.3, 0.4) is 0 Å². The first kappa shape index (κ1) is 15.0. The van der Waals surface area contributed by atoms with Gasteiger partial charge in [0.05, 0.1) is 0 Å². The molecule has 0 unspecified atom stereocenters. The molecular formula is C14H23N2OPS. The van der Waals surface area contributed by atoms with Gasteiger partial charge in [0.15, 0.2) is 0 Å². The number of hydrogen-bond acceptors (Lipinski definition) is 2. The van der Waals surface area contributed by atoms with E-state index in [9.17, 15) is 0 Å². The fourth-order valence-electron chi connectivity index (χ4n) is 2.56. The topological polar surface area (TPSA) is 33.3 Å². The Hall–Kier alpha value is -0.410. The van der Waals surface area contributed by atoms with Gasteiger partial charge in [0, 0.05) is 12.6 Å². The predicted molar refractivity (Wildman–Crippen MR) is 84.9 cm³/mol. The highest BCUT2D eigenvalue weighted by molar-refractivity contribution is 8.10. The van der Waals surface area contributed by atoms with Crippen LogP contribution in [0.15, 0.2) is 30.3 Å². The molecule has 5 heteroatoms. The first-order valence-corrected chi connectivity index (χ1v) is 9.42. The zero-order valence-corrected chi connectivity index (χ0v) is 13.7. The zero-order valence-electron chi connectivity index (χ0n) is 12.0. The monoisotopic (exact) mass is 298 g/mol. The Morgan fingerprint density at radius 1 is 1.32 bits per heavy atom. The van der Waals surface area contributed by atoms with Crippen LogP contribution in [0.25, 0.3) is 0 Å². The molecule has 0 saturated carbocycles. The van der Waals surface area contributed by atoms with Crippen LogP contribution in [0.2, 0.25) is 0 Å². The van der Waals surface area contributed by atoms with Gasteiger partial charge in [-0.3, -0.25) is 0 Å². The smallest absolute Gasteiger partial charge is 0.248 e. The Labute approximate surface area is 121 Å². The highest BCUT2D eigenvalue weighted by atomic mass is 32.4. The fourth-order valence-corrected chi connectivity index (χ4v) is 5.61. The molecule has 0 bridgehead atoms. The number of hydrogen-bond donors (Lipinski definition) is 2. The standard InChI is InChI=1S/C14H23N2OPS/c1-11(2)13-14(3,4)10-15-18(19,16-13)17-12-8-6-5-7-9-12/h5-9,11,13H,10H2,1-4H3,(H2,15,16,19)/t13-,18+/m0/s1. The maximum Gasteiger partial charge on any atom is 0.248 e. The Bertz CT molecular complexity index is 476. The Kier molecular flexibility index (Phi) is 4.36. The third-order valence-corrected chi connectivity index (χ3v) is 6.13. The lowest BCUT2D eigenvalue weighted by Gasteiger charge is -2.46. The van der Waals surface area contributed by atoms with Crippen molar-refractivity contribution < 1.29 is 4.52 Å². The summed E-state index contributed by atoms with van der Waals surface area (Å²) in [6.07, 6.45) is 0. The van der Waals surface area contributed by atoms with Crippen molar-refractivity contribution in [1.82, 2.24) is 10.2 Å². The molecule has 2 atom stereocenters. The van der Waals surface area contributed by atoms with Crippen molar-refractivity contribution in [3.8, 4) is 5.75 Å². The molecule has 1 aliphatic rings. The minimum absolute atomic E-state index is 0.177. The fraction of sp³-hybridized carbons (Fsp3) is 0.571. The zero-order chi connectivity index (χ0) is 14.1. The number of nitrogens with one attached hydrogen (secondary N) is 2. The maximum atomic E-state index is 6.02. The van der Waals surface area contributed by atoms with Gasteiger partial charge in [-0.05, 0) is 35.3 Å². The van der Waals surface area contributed by atoms with Gasteiger partial charge in [-0.25, -0.2) is 10.2 Å². The van der Waals surface area contributed by atoms with Crippen molar-refractivity contribution in [2.45, 2.75) is 33.7 Å². The third kappa shape index (κ3) is 3.57. The molecule has 1 saturated heterocycles. The van der Waals surface area contributed by atoms with Gasteiger partial charge in [-0.1, -0.05) is 45.9 Å². The van der Waals surface area contributed by atoms with Gasteiger partial charge in [-0.15, -0.1) is 0 Å². The van der Waals surface area contributed by atoms with E-state index < -0.39 is 6.57 Å². The molecule has 0 aliphatic carbocycles. The van der Waals surface area contributed by atoms with Gasteiger partial charge in [0.2, 0.25) is 6.57 Å². The second-order valence-corrected chi connectivity index (χ2v) is 9.53. The molecular weight excluding hydrogens is 275 g/mol. The SMILES string of the molecule is CC(C)[C@@H]1N[P@@](=S)(Oc2ccccc2)NCC1(C)C. The van der Waals surface area contributed by atoms with Crippen LogP contribution >= 0.6 is 6.57 Å². The average molecular weight is 298 g/mol. The molecule has 0 amide bonds. The van der Waals surface area contributed by atoms with Gasteiger partial charge < -0.3 is 4.52 Å². The molecule has 2 rings (SSSR count). The van der Waals surface area contributed by atoms with Gasteiger partial charge >= 0.3 is 0 Å². The number of rotatable bonds is 3. The second-order valence-electron chi connectivity index (χ2n) is 6.13. The summed E-state index contributed by atoms with van der Waals surface area (Å²) < 4.78 is 6.02. The van der Waals surface area contributed by atoms with E-state index >= 15 is 0 Å². The van der Waals surface area contributed by atoms with Crippen molar-refractivity contribution in [1.29, 1.82) is 0 Å². The molecule has 1 aromatic carbocycles. The number of para-hydroxylation sites is 1. The average Bonchev–Trinajstić information content (AvgIpc) is 2.34. The van der Waals surface area contributed by atoms with E-state index in [2.05, 4.69) is 37.9 Å². The van der Waals surface area contributed by atoms with E-state index in [4.69, 9.17) is 16.3 Å². The number of benzene rings is 1. The summed E-state index contributed by atoms with van der Waals surface area (Å²) >= 11 is 5.70. The first-order chi connectivity index (χ1) is 8.82. The first-order valence-electron chi connectivity index (χ1n) is 6.70. The molecule has 1 fully saturated rings. The lowest BCUT2D eigenvalue weighted by molar-refractivity contribution is 0.200. The van der Waals surface area contributed by atoms with E-state index in [1.54, 1.807) is 0 Å². The molecule has 19 heavy (non-hydrogen) atoms. The van der Waals surface area contributed by atoms with E-state index in [0.717, 1.165) is 12.3 Å². The van der Waals surface area contributed by atoms with E-state index in [0.29, 0.717) is 12.0 Å². The van der Waals surface area contributed by atoms with Crippen LogP contribution in [0, 0.1) is 11.3 Å². The summed E-state index contributed by atoms with van der Waals surface area (Å²) in [5.41, 5.74) is 0.177. The quantitative estimate of drug-likeness (QED) is 0.836. The van der Waals surface area contributed by atoms with Crippen LogP contribution in [0.1, 0.15) is 27.7 Å². The van der Waals surface area contributed by atoms with E-state index in [1.807, 2.05) is 30.3 Å². The summed E-state index contributed by atoms with van der Waals surface area (Å²) in [7, 11) is 0. The summed E-state index contributed by atoms with van der Waals surface area (Å²) in [6, 6.07) is 10.2. The molecule has 1 aromatic rings. The Morgan fingerprint density at radius 2 is 1.95 bits per heavy atom. The van der Waals surface area contributed by atoms with Gasteiger partial charge in [0.25, 0.3) is 0 Å². The van der Waals surface area contributed by atoms with Crippen LogP contribution < -0.4 is 14.7 Å². The van der Waals surface area contributed by atoms with Crippen molar-refractivity contribution in [2.75, 3.05) is 6.54 Å². The molecule has 0 spiro atoms. The Morgan fingerprint density at radius 3 is 2.53 bits per heavy atom. The molecule has 0 aromatic heterocycles. The molecule has 106 valence electrons. The second kappa shape index (κ2) is 5.53. The molecule has 3 nitrogen and oxygen atoms in total. The van der Waals surface area contributed by atoms with Crippen LogP contribution in [-0.2, 0) is 11.8 Å². The highest BCUT2D eigenvalue weighted by Crippen LogP contribution is 2.47. The predicted octanol–water partition coefficient (Wildman–Crippen LogP) is 3.53. The van der Waals surface area contributed by atoms with Crippen LogP contribution in [-0.4, -0.2) is 12.6 Å². The third-order valence-electron chi connectivity index (χ3n) is 3.54. The molecule has 1 heterocycles. The summed E-state index contributed by atoms with van der Waals surface area (Å²) in [5, 5.41) is 6.97. The largest absolute Gasteiger partial charge is 0.441 e. The van der Waals surface area contributed by atoms with Crippen molar-refractivity contribution in [3.05, 3.63) is 30.3 Å². The normalized spacial score (nSPS) is 30.3. The summed E-state index contributed by atoms with van der Waals surface area (Å²) in [6.45, 7) is 7.67. The summed E-state index contributed by atoms with van der Waals surface area (Å²) in [5.74, 6) is 1.35. The Balaban J connectivity index is 2.15. The van der Waals surface area contributed by atoms with E-state index in [1.165, 1.54) is 0 Å². The molecule has 1 aliphatic heterocycles. The van der Waals surface area contributed by atoms with Crippen molar-refractivity contribution in [3.63, 3.8) is 0 Å². The van der Waals surface area contributed by atoms with E-state index in [-0.39, 0.29) is 5.41 Å². The lowest BCUT2D eigenvalue weighted by atomic mass is 9.79. The minimum Gasteiger partial charge on any atom is -0.441 e. The minimum atomic E-state index is -2.19. The van der Waals surface area contributed by atoms with Crippen molar-refractivity contribution in [2.24, 2.45) is 11.3 Å². The molecule has 0 radical (unpaired) electrons. The van der Waals surface area contributed by atoms with Crippen molar-refractivity contribution >= 4 is 18.4 Å². The molecule has 2 N–H and O–H groups in total.